The molecule has 18 rings (SSSR count). The van der Waals surface area contributed by atoms with Crippen LogP contribution in [0.2, 0.25) is 0 Å². The summed E-state index contributed by atoms with van der Waals surface area (Å²) in [6.07, 6.45) is 31.5. The summed E-state index contributed by atoms with van der Waals surface area (Å²) in [5.74, 6) is 10.1. The number of anilines is 5. The van der Waals surface area contributed by atoms with Gasteiger partial charge in [0.1, 0.15) is 47.1 Å². The molecule has 1 aliphatic carbocycles. The zero-order valence-corrected chi connectivity index (χ0v) is 83.3. The molecule has 43 heteroatoms. The van der Waals surface area contributed by atoms with Crippen LogP contribution in [0.5, 0.6) is 0 Å². The molecule has 10 aromatic heterocycles. The average Bonchev–Trinajstić information content (AvgIpc) is 1.61. The van der Waals surface area contributed by atoms with Crippen LogP contribution in [0.1, 0.15) is 82.9 Å². The van der Waals surface area contributed by atoms with Gasteiger partial charge in [0.15, 0.2) is 46.6 Å². The van der Waals surface area contributed by atoms with E-state index < -0.39 is 48.6 Å². The number of ether oxygens (including phenoxy) is 5. The lowest BCUT2D eigenvalue weighted by Gasteiger charge is -2.34. The topological polar surface area (TPSA) is 426 Å². The van der Waals surface area contributed by atoms with E-state index in [1.165, 1.54) is 0 Å². The SMILES string of the molecule is CC(C)c1nc2ccccc2n1-c1nc(N=S(C)(C)=O)cc(N2CCOC[C@H]2C)n1.C[C@@H]1COCCN1c1cc(N=S(C)(C)=O)nc(-c2cncc3c2C=CC3)n1.C[C@@H]1COCCN1c1cc(N=S(C)(C)=O)nc(-n2cnc3ccccc32)n1.Cc1ccc(-c2nc(N=S(C)(C)=O)cc(N3CCOC[C@H]3C)n2)cn1.Cc1ncc(-c2nc(N=S(C)(C)=O)cc(N3CCOC[C@H]3C)n2)cn1. The third-order valence-corrected chi connectivity index (χ3v) is 24.6. The first-order valence-corrected chi connectivity index (χ1v) is 55.6. The number of fused-ring (bicyclic) bond motifs is 3. The van der Waals surface area contributed by atoms with Crippen LogP contribution in [-0.4, -0.2) is 301 Å². The number of morpholine rings is 5. The van der Waals surface area contributed by atoms with Crippen LogP contribution in [-0.2, 0) is 78.8 Å². The molecule has 0 spiro atoms. The first-order chi connectivity index (χ1) is 63.7. The zero-order chi connectivity index (χ0) is 95.6. The van der Waals surface area contributed by atoms with Gasteiger partial charge in [0.05, 0.1) is 124 Å². The van der Waals surface area contributed by atoms with E-state index in [0.29, 0.717) is 136 Å². The molecule has 0 saturated carbocycles. The van der Waals surface area contributed by atoms with Crippen LogP contribution in [0.3, 0.4) is 0 Å². The highest BCUT2D eigenvalue weighted by molar-refractivity contribution is 7.93. The van der Waals surface area contributed by atoms with E-state index in [2.05, 4.69) is 162 Å². The summed E-state index contributed by atoms with van der Waals surface area (Å²) in [6.45, 7) is 28.5. The third-order valence-electron chi connectivity index (χ3n) is 21.5. The Morgan fingerprint density at radius 3 is 1.19 bits per heavy atom. The highest BCUT2D eigenvalue weighted by Crippen LogP contribution is 2.36. The number of aryl methyl sites for hydroxylation is 2. The lowest BCUT2D eigenvalue weighted by molar-refractivity contribution is 0.0985. The zero-order valence-electron chi connectivity index (χ0n) is 79.2. The summed E-state index contributed by atoms with van der Waals surface area (Å²) in [4.78, 5) is 83.8. The Labute approximate surface area is 784 Å². The van der Waals surface area contributed by atoms with E-state index in [0.717, 1.165) is 124 Å². The van der Waals surface area contributed by atoms with E-state index in [-0.39, 0.29) is 36.1 Å². The lowest BCUT2D eigenvalue weighted by atomic mass is 10.1. The molecular weight excluding hydrogens is 1810 g/mol. The summed E-state index contributed by atoms with van der Waals surface area (Å²) in [7, 11) is -11.7. The van der Waals surface area contributed by atoms with Crippen LogP contribution in [0.4, 0.5) is 58.2 Å². The molecule has 12 aromatic rings. The Morgan fingerprint density at radius 2 is 0.769 bits per heavy atom. The van der Waals surface area contributed by atoms with Crippen molar-refractivity contribution in [2.45, 2.75) is 105 Å². The molecule has 0 unspecified atom stereocenters. The minimum absolute atomic E-state index is 0.172. The maximum atomic E-state index is 12.4. The van der Waals surface area contributed by atoms with Crippen molar-refractivity contribution >= 4 is 135 Å². The summed E-state index contributed by atoms with van der Waals surface area (Å²) in [5.41, 5.74) is 9.16. The van der Waals surface area contributed by atoms with Gasteiger partial charge in [-0.15, -0.1) is 0 Å². The number of para-hydroxylation sites is 4. The number of aromatic nitrogens is 18. The number of hydrogen-bond donors (Lipinski definition) is 0. The molecule has 5 atom stereocenters. The Bertz CT molecular complexity index is 6790. The quantitative estimate of drug-likeness (QED) is 0.0867. The minimum Gasteiger partial charge on any atom is -0.377 e. The van der Waals surface area contributed by atoms with Crippen LogP contribution in [0.25, 0.3) is 74.2 Å². The number of imidazole rings is 2. The Kier molecular flexibility index (Phi) is 31.3. The number of nitrogens with zero attached hydrogens (tertiary/aromatic N) is 28. The Hall–Kier alpha value is -11.6. The van der Waals surface area contributed by atoms with Crippen molar-refractivity contribution in [3.05, 3.63) is 163 Å². The van der Waals surface area contributed by atoms with E-state index >= 15 is 0 Å². The van der Waals surface area contributed by atoms with Crippen LogP contribution in [0, 0.1) is 13.8 Å². The van der Waals surface area contributed by atoms with Gasteiger partial charge in [-0.2, -0.15) is 41.7 Å². The summed E-state index contributed by atoms with van der Waals surface area (Å²) >= 11 is 0. The van der Waals surface area contributed by atoms with Crippen molar-refractivity contribution in [1.82, 2.24) is 88.9 Å². The van der Waals surface area contributed by atoms with Gasteiger partial charge in [-0.1, -0.05) is 50.3 Å². The molecule has 38 nitrogen and oxygen atoms in total. The molecule has 15 heterocycles. The second kappa shape index (κ2) is 42.6. The molecule has 0 N–H and O–H groups in total. The maximum Gasteiger partial charge on any atom is 0.239 e. The van der Waals surface area contributed by atoms with E-state index in [9.17, 15) is 21.0 Å². The smallest absolute Gasteiger partial charge is 0.239 e. The first-order valence-electron chi connectivity index (χ1n) is 44.0. The first kappa shape index (κ1) is 98.4. The highest BCUT2D eigenvalue weighted by Gasteiger charge is 2.30. The third kappa shape index (κ3) is 26.3. The molecule has 712 valence electrons. The summed E-state index contributed by atoms with van der Waals surface area (Å²) in [6, 6.07) is 29.5. The van der Waals surface area contributed by atoms with Gasteiger partial charge in [-0.3, -0.25) is 19.1 Å². The second-order valence-corrected chi connectivity index (χ2v) is 47.8. The molecule has 0 radical (unpaired) electrons. The van der Waals surface area contributed by atoms with Crippen LogP contribution >= 0.6 is 0 Å². The Morgan fingerprint density at radius 1 is 0.388 bits per heavy atom. The normalized spacial score (nSPS) is 18.3. The molecule has 5 aliphatic heterocycles. The van der Waals surface area contributed by atoms with Crippen molar-refractivity contribution in [2.75, 3.05) is 186 Å². The van der Waals surface area contributed by atoms with Crippen LogP contribution in [0.15, 0.2) is 156 Å². The van der Waals surface area contributed by atoms with Gasteiger partial charge in [0.25, 0.3) is 0 Å². The Balaban J connectivity index is 0.000000135. The van der Waals surface area contributed by atoms with Gasteiger partial charge in [0, 0.05) is 228 Å². The number of pyridine rings is 2. The predicted octanol–water partition coefficient (Wildman–Crippen LogP) is 12.9. The van der Waals surface area contributed by atoms with Crippen molar-refractivity contribution in [3.63, 3.8) is 0 Å². The number of benzene rings is 2. The van der Waals surface area contributed by atoms with Gasteiger partial charge in [0.2, 0.25) is 11.9 Å². The molecule has 6 aliphatic rings. The molecular formula is C91H118N28O10S5. The second-order valence-electron chi connectivity index (χ2n) is 35.1. The predicted molar refractivity (Wildman–Crippen MR) is 532 cm³/mol. The number of rotatable bonds is 16. The monoisotopic (exact) mass is 1920 g/mol. The van der Waals surface area contributed by atoms with Crippen LogP contribution < -0.4 is 24.5 Å². The van der Waals surface area contributed by atoms with Gasteiger partial charge in [-0.05, 0) is 102 Å². The van der Waals surface area contributed by atoms with Gasteiger partial charge >= 0.3 is 0 Å². The fraction of sp³-hybridized carbons (Fsp3) is 0.451. The molecule has 0 bridgehead atoms. The lowest BCUT2D eigenvalue weighted by Crippen LogP contribution is -2.44. The standard InChI is InChI=1S/C21H28N6O2S.C19H23N5O2S.C18H22N6O2S.C17H23N5O2S.C16H22N6O2S/c1-14(2)20-22-16-8-6-7-9-17(16)27(20)21-23-18(25-30(4,5)28)12-19(24-21)26-10-11-29-13-15(26)3;1-13-12-26-8-7-24(13)18-9-17(23-27(2,3)25)21-19(22-18)16-11-20-10-14-5-4-6-15(14)16;1-13-11-26-9-8-23(13)17-10-16(22-27(2,3)25)20-18(21-17)24-12-19-14-6-4-5-7-15(14)24;1-12-5-6-14(10-18-12)17-19-15(21-25(3,4)23)9-16(20-17)22-7-8-24-11-13(22)2;1-11-10-24-6-5-22(11)15-7-14(21-25(3,4)23)19-16(20-15)13-8-17-12(2)18-9-13/h6-9,12,14-15H,10-11,13H2,1-5H3;4,6,9-11,13H,5,7-8,12H2,1-3H3;4-7,10,12-13H,8-9,11H2,1-3H3;5-6,9-10,13H,7-8,11H2,1-4H3;7-9,11H,5-6,10H2,1-4H3/t15-;3*13-;11-/m11111/s1. The van der Waals surface area contributed by atoms with E-state index in [1.807, 2.05) is 102 Å². The van der Waals surface area contributed by atoms with E-state index in [4.69, 9.17) is 48.6 Å². The number of allylic oxidation sites excluding steroid dienone is 1. The molecule has 0 amide bonds. The fourth-order valence-electron chi connectivity index (χ4n) is 15.3. The summed E-state index contributed by atoms with van der Waals surface area (Å²) < 4.78 is 114. The van der Waals surface area contributed by atoms with Crippen molar-refractivity contribution < 1.29 is 44.7 Å². The molecule has 5 fully saturated rings. The van der Waals surface area contributed by atoms with Gasteiger partial charge in [-0.25, -0.2) is 70.9 Å². The minimum atomic E-state index is -2.38. The van der Waals surface area contributed by atoms with Gasteiger partial charge < -0.3 is 48.2 Å². The number of hydrogen-bond acceptors (Lipinski definition) is 36. The molecule has 5 saturated heterocycles. The average molecular weight is 1920 g/mol. The van der Waals surface area contributed by atoms with Crippen molar-refractivity contribution in [1.29, 1.82) is 0 Å². The maximum absolute atomic E-state index is 12.4. The van der Waals surface area contributed by atoms with Crippen molar-refractivity contribution in [2.24, 2.45) is 21.8 Å². The largest absolute Gasteiger partial charge is 0.377 e. The van der Waals surface area contributed by atoms with Crippen molar-refractivity contribution in [3.8, 4) is 46.1 Å². The summed E-state index contributed by atoms with van der Waals surface area (Å²) in [5, 5.41) is 0. The van der Waals surface area contributed by atoms with E-state index in [1.54, 1.807) is 112 Å². The fourth-order valence-corrected chi connectivity index (χ4v) is 18.0. The molecule has 2 aromatic carbocycles. The highest BCUT2D eigenvalue weighted by atomic mass is 32.2. The molecule has 134 heavy (non-hydrogen) atoms.